The maximum absolute atomic E-state index is 12.3. The largest absolute Gasteiger partial charge is 0.495 e. The van der Waals surface area contributed by atoms with E-state index in [1.165, 1.54) is 6.42 Å². The summed E-state index contributed by atoms with van der Waals surface area (Å²) in [6, 6.07) is 7.14. The van der Waals surface area contributed by atoms with Gasteiger partial charge in [0.05, 0.1) is 18.3 Å². The highest BCUT2D eigenvalue weighted by Crippen LogP contribution is 2.33. The number of amides is 2. The molecule has 116 valence electrons. The number of ether oxygens (including phenoxy) is 1. The number of nitrogens with one attached hydrogen (secondary N) is 2. The summed E-state index contributed by atoms with van der Waals surface area (Å²) in [4.78, 5) is 12.3. The molecule has 5 nitrogen and oxygen atoms in total. The van der Waals surface area contributed by atoms with Crippen molar-refractivity contribution in [2.45, 2.75) is 38.1 Å². The summed E-state index contributed by atoms with van der Waals surface area (Å²) in [5.74, 6) is 1.03. The molecule has 4 N–H and O–H groups in total. The Morgan fingerprint density at radius 3 is 2.86 bits per heavy atom. The molecule has 0 aliphatic heterocycles. The Labute approximate surface area is 126 Å². The first-order chi connectivity index (χ1) is 10.1. The Hall–Kier alpha value is -1.75. The van der Waals surface area contributed by atoms with E-state index in [9.17, 15) is 4.79 Å². The van der Waals surface area contributed by atoms with E-state index in [1.54, 1.807) is 7.11 Å². The molecule has 2 rings (SSSR count). The minimum Gasteiger partial charge on any atom is -0.495 e. The van der Waals surface area contributed by atoms with Gasteiger partial charge in [-0.2, -0.15) is 0 Å². The van der Waals surface area contributed by atoms with Crippen molar-refractivity contribution < 1.29 is 9.53 Å². The predicted molar refractivity (Wildman–Crippen MR) is 84.6 cm³/mol. The Morgan fingerprint density at radius 2 is 2.19 bits per heavy atom. The zero-order valence-corrected chi connectivity index (χ0v) is 12.8. The van der Waals surface area contributed by atoms with Crippen molar-refractivity contribution in [1.82, 2.24) is 5.32 Å². The first-order valence-electron chi connectivity index (χ1n) is 7.53. The number of urea groups is 1. The minimum absolute atomic E-state index is 0.223. The summed E-state index contributed by atoms with van der Waals surface area (Å²) < 4.78 is 5.24. The van der Waals surface area contributed by atoms with Crippen molar-refractivity contribution in [3.8, 4) is 5.75 Å². The van der Waals surface area contributed by atoms with Gasteiger partial charge in [0.2, 0.25) is 0 Å². The maximum atomic E-state index is 12.3. The van der Waals surface area contributed by atoms with Crippen molar-refractivity contribution in [1.29, 1.82) is 0 Å². The number of carbonyl (C=O) groups is 1. The number of methoxy groups -OCH3 is 1. The summed E-state index contributed by atoms with van der Waals surface area (Å²) in [6.45, 7) is 2.63. The van der Waals surface area contributed by atoms with E-state index in [0.29, 0.717) is 23.9 Å². The molecule has 1 aliphatic carbocycles. The second kappa shape index (κ2) is 6.80. The van der Waals surface area contributed by atoms with Crippen LogP contribution in [0.3, 0.4) is 0 Å². The number of benzene rings is 1. The highest BCUT2D eigenvalue weighted by molar-refractivity contribution is 5.91. The van der Waals surface area contributed by atoms with Crippen LogP contribution in [-0.2, 0) is 0 Å². The molecule has 0 spiro atoms. The molecule has 2 unspecified atom stereocenters. The number of para-hydroxylation sites is 2. The summed E-state index contributed by atoms with van der Waals surface area (Å²) >= 11 is 0. The van der Waals surface area contributed by atoms with Gasteiger partial charge in [-0.15, -0.1) is 0 Å². The fraction of sp³-hybridized carbons (Fsp3) is 0.562. The average molecular weight is 291 g/mol. The lowest BCUT2D eigenvalue weighted by molar-refractivity contribution is 0.166. The van der Waals surface area contributed by atoms with Gasteiger partial charge in [-0.1, -0.05) is 31.9 Å². The zero-order chi connectivity index (χ0) is 15.3. The fourth-order valence-corrected chi connectivity index (χ4v) is 3.08. The van der Waals surface area contributed by atoms with E-state index in [0.717, 1.165) is 19.3 Å². The quantitative estimate of drug-likeness (QED) is 0.798. The van der Waals surface area contributed by atoms with Crippen LogP contribution in [-0.4, -0.2) is 25.2 Å². The first-order valence-corrected chi connectivity index (χ1v) is 7.53. The predicted octanol–water partition coefficient (Wildman–Crippen LogP) is 2.72. The Kier molecular flexibility index (Phi) is 5.07. The lowest BCUT2D eigenvalue weighted by Gasteiger charge is -2.42. The summed E-state index contributed by atoms with van der Waals surface area (Å²) in [7, 11) is 1.59. The molecular formula is C16H25N3O2. The van der Waals surface area contributed by atoms with E-state index in [1.807, 2.05) is 24.3 Å². The van der Waals surface area contributed by atoms with Crippen LogP contribution in [0.4, 0.5) is 10.5 Å². The third-order valence-electron chi connectivity index (χ3n) is 4.54. The number of hydrogen-bond donors (Lipinski definition) is 3. The summed E-state index contributed by atoms with van der Waals surface area (Å²) in [5, 5.41) is 5.96. The Morgan fingerprint density at radius 1 is 1.43 bits per heavy atom. The van der Waals surface area contributed by atoms with Gasteiger partial charge in [0.15, 0.2) is 0 Å². The van der Waals surface area contributed by atoms with E-state index < -0.39 is 0 Å². The van der Waals surface area contributed by atoms with Crippen LogP contribution in [0, 0.1) is 5.92 Å². The van der Waals surface area contributed by atoms with Crippen LogP contribution in [0.25, 0.3) is 0 Å². The second-order valence-electron chi connectivity index (χ2n) is 5.79. The van der Waals surface area contributed by atoms with Crippen LogP contribution in [0.2, 0.25) is 0 Å². The average Bonchev–Trinajstić information content (AvgIpc) is 2.50. The van der Waals surface area contributed by atoms with Crippen molar-refractivity contribution in [3.05, 3.63) is 24.3 Å². The highest BCUT2D eigenvalue weighted by atomic mass is 16.5. The van der Waals surface area contributed by atoms with Gasteiger partial charge in [-0.3, -0.25) is 0 Å². The van der Waals surface area contributed by atoms with Crippen LogP contribution in [0.15, 0.2) is 24.3 Å². The van der Waals surface area contributed by atoms with Crippen LogP contribution in [0.5, 0.6) is 5.75 Å². The van der Waals surface area contributed by atoms with Gasteiger partial charge in [0.1, 0.15) is 5.75 Å². The van der Waals surface area contributed by atoms with E-state index >= 15 is 0 Å². The summed E-state index contributed by atoms with van der Waals surface area (Å²) in [5.41, 5.74) is 6.32. The standard InChI is InChI=1S/C16H25N3O2/c1-12-7-5-6-10-16(12,11-17)19-15(20)18-13-8-3-4-9-14(13)21-2/h3-4,8-9,12H,5-7,10-11,17H2,1-2H3,(H2,18,19,20). The van der Waals surface area contributed by atoms with E-state index in [-0.39, 0.29) is 11.6 Å². The number of carbonyl (C=O) groups excluding carboxylic acids is 1. The van der Waals surface area contributed by atoms with Crippen molar-refractivity contribution >= 4 is 11.7 Å². The van der Waals surface area contributed by atoms with Gasteiger partial charge < -0.3 is 21.1 Å². The molecule has 1 aliphatic rings. The molecular weight excluding hydrogens is 266 g/mol. The van der Waals surface area contributed by atoms with Crippen molar-refractivity contribution in [3.63, 3.8) is 0 Å². The molecule has 1 aromatic carbocycles. The van der Waals surface area contributed by atoms with Crippen molar-refractivity contribution in [2.75, 3.05) is 19.0 Å². The highest BCUT2D eigenvalue weighted by Gasteiger charge is 2.38. The van der Waals surface area contributed by atoms with Gasteiger partial charge in [-0.25, -0.2) is 4.79 Å². The Balaban J connectivity index is 2.06. The van der Waals surface area contributed by atoms with Crippen molar-refractivity contribution in [2.24, 2.45) is 11.7 Å². The number of anilines is 1. The number of hydrogen-bond acceptors (Lipinski definition) is 3. The van der Waals surface area contributed by atoms with Crippen LogP contribution >= 0.6 is 0 Å². The van der Waals surface area contributed by atoms with Gasteiger partial charge in [0, 0.05) is 6.54 Å². The van der Waals surface area contributed by atoms with Gasteiger partial charge in [0.25, 0.3) is 0 Å². The zero-order valence-electron chi connectivity index (χ0n) is 12.8. The third-order valence-corrected chi connectivity index (χ3v) is 4.54. The molecule has 1 saturated carbocycles. The normalized spacial score (nSPS) is 25.2. The molecule has 0 aromatic heterocycles. The van der Waals surface area contributed by atoms with Crippen LogP contribution < -0.4 is 21.1 Å². The number of nitrogens with two attached hydrogens (primary N) is 1. The fourth-order valence-electron chi connectivity index (χ4n) is 3.08. The number of rotatable bonds is 4. The molecule has 0 bridgehead atoms. The van der Waals surface area contributed by atoms with E-state index in [2.05, 4.69) is 17.6 Å². The molecule has 5 heteroatoms. The van der Waals surface area contributed by atoms with Gasteiger partial charge in [-0.05, 0) is 30.9 Å². The van der Waals surface area contributed by atoms with E-state index in [4.69, 9.17) is 10.5 Å². The lowest BCUT2D eigenvalue weighted by Crippen LogP contribution is -2.60. The smallest absolute Gasteiger partial charge is 0.319 e. The SMILES string of the molecule is COc1ccccc1NC(=O)NC1(CN)CCCCC1C. The third kappa shape index (κ3) is 3.47. The molecule has 21 heavy (non-hydrogen) atoms. The maximum Gasteiger partial charge on any atom is 0.319 e. The molecule has 2 atom stereocenters. The monoisotopic (exact) mass is 291 g/mol. The van der Waals surface area contributed by atoms with Gasteiger partial charge >= 0.3 is 6.03 Å². The summed E-state index contributed by atoms with van der Waals surface area (Å²) in [6.07, 6.45) is 4.35. The lowest BCUT2D eigenvalue weighted by atomic mass is 9.73. The molecule has 1 fully saturated rings. The molecule has 0 radical (unpaired) electrons. The minimum atomic E-state index is -0.301. The first kappa shape index (κ1) is 15.6. The topological polar surface area (TPSA) is 76.4 Å². The molecule has 2 amide bonds. The second-order valence-corrected chi connectivity index (χ2v) is 5.79. The Bertz CT molecular complexity index is 492. The molecule has 1 aromatic rings. The van der Waals surface area contributed by atoms with Crippen LogP contribution in [0.1, 0.15) is 32.6 Å². The molecule has 0 heterocycles. The molecule has 0 saturated heterocycles.